The molecule has 0 aliphatic carbocycles. The largest absolute Gasteiger partial charge is 0.261 e. The van der Waals surface area contributed by atoms with Crippen LogP contribution in [0.5, 0.6) is 0 Å². The molecule has 0 aliphatic heterocycles. The minimum Gasteiger partial charge on any atom is -0.261 e. The summed E-state index contributed by atoms with van der Waals surface area (Å²) in [6.45, 7) is 2.26. The summed E-state index contributed by atoms with van der Waals surface area (Å²) in [6, 6.07) is 8.74. The van der Waals surface area contributed by atoms with Crippen LogP contribution in [0.4, 0.5) is 0 Å². The second-order valence-electron chi connectivity index (χ2n) is 5.31. The topological polar surface area (TPSA) is 25.8 Å². The zero-order valence-corrected chi connectivity index (χ0v) is 12.4. The van der Waals surface area contributed by atoms with Gasteiger partial charge in [0.1, 0.15) is 0 Å². The highest BCUT2D eigenvalue weighted by Crippen LogP contribution is 2.17. The predicted molar refractivity (Wildman–Crippen MR) is 84.5 cm³/mol. The molecule has 0 unspecified atom stereocenters. The molecular weight excluding hydrogens is 244 g/mol. The van der Waals surface area contributed by atoms with Gasteiger partial charge in [0.05, 0.1) is 11.9 Å². The number of hydrogen-bond donors (Lipinski definition) is 0. The first-order chi connectivity index (χ1) is 9.90. The molecule has 2 heteroatoms. The Morgan fingerprint density at radius 2 is 1.60 bits per heavy atom. The lowest BCUT2D eigenvalue weighted by Crippen LogP contribution is -1.88. The summed E-state index contributed by atoms with van der Waals surface area (Å²) in [5.41, 5.74) is 3.51. The number of aromatic nitrogens is 2. The molecule has 0 N–H and O–H groups in total. The lowest BCUT2D eigenvalue weighted by Gasteiger charge is -2.04. The Kier molecular flexibility index (Phi) is 6.22. The Morgan fingerprint density at radius 3 is 2.30 bits per heavy atom. The molecule has 2 nitrogen and oxygen atoms in total. The summed E-state index contributed by atoms with van der Waals surface area (Å²) in [5.74, 6) is 0. The first kappa shape index (κ1) is 14.7. The van der Waals surface area contributed by atoms with Crippen molar-refractivity contribution in [1.29, 1.82) is 0 Å². The average Bonchev–Trinajstić information content (AvgIpc) is 2.52. The maximum atomic E-state index is 4.32. The minimum atomic E-state index is 0.943. The molecule has 0 saturated heterocycles. The smallest absolute Gasteiger partial charge is 0.0885 e. The maximum Gasteiger partial charge on any atom is 0.0885 e. The van der Waals surface area contributed by atoms with E-state index in [1.807, 2.05) is 6.20 Å². The van der Waals surface area contributed by atoms with Gasteiger partial charge in [-0.1, -0.05) is 63.3 Å². The van der Waals surface area contributed by atoms with Crippen molar-refractivity contribution in [3.8, 4) is 11.3 Å². The molecule has 1 aromatic carbocycles. The van der Waals surface area contributed by atoms with Crippen molar-refractivity contribution in [3.63, 3.8) is 0 Å². The molecule has 2 aromatic rings. The van der Waals surface area contributed by atoms with Gasteiger partial charge in [0.25, 0.3) is 0 Å². The highest BCUT2D eigenvalue weighted by molar-refractivity contribution is 5.58. The Bertz CT molecular complexity index is 477. The van der Waals surface area contributed by atoms with Crippen LogP contribution in [-0.2, 0) is 6.42 Å². The first-order valence-electron chi connectivity index (χ1n) is 7.75. The van der Waals surface area contributed by atoms with Gasteiger partial charge in [-0.15, -0.1) is 0 Å². The molecule has 0 radical (unpaired) electrons. The van der Waals surface area contributed by atoms with Gasteiger partial charge in [0, 0.05) is 18.0 Å². The summed E-state index contributed by atoms with van der Waals surface area (Å²) < 4.78 is 0. The third-order valence-corrected chi connectivity index (χ3v) is 3.63. The number of benzene rings is 1. The third-order valence-electron chi connectivity index (χ3n) is 3.63. The molecule has 0 saturated carbocycles. The number of aryl methyl sites for hydroxylation is 1. The fraction of sp³-hybridized carbons (Fsp3) is 0.444. The number of rotatable bonds is 8. The van der Waals surface area contributed by atoms with Crippen molar-refractivity contribution in [2.45, 2.75) is 51.9 Å². The van der Waals surface area contributed by atoms with Crippen molar-refractivity contribution in [3.05, 3.63) is 48.4 Å². The van der Waals surface area contributed by atoms with E-state index < -0.39 is 0 Å². The van der Waals surface area contributed by atoms with E-state index in [9.17, 15) is 0 Å². The summed E-state index contributed by atoms with van der Waals surface area (Å²) in [6.07, 6.45) is 14.6. The first-order valence-corrected chi connectivity index (χ1v) is 7.75. The summed E-state index contributed by atoms with van der Waals surface area (Å²) in [4.78, 5) is 8.43. The van der Waals surface area contributed by atoms with Crippen LogP contribution in [-0.4, -0.2) is 9.97 Å². The van der Waals surface area contributed by atoms with Crippen LogP contribution in [0.1, 0.15) is 51.0 Å². The highest BCUT2D eigenvalue weighted by Gasteiger charge is 1.99. The van der Waals surface area contributed by atoms with Gasteiger partial charge in [-0.25, -0.2) is 0 Å². The van der Waals surface area contributed by atoms with E-state index in [2.05, 4.69) is 41.2 Å². The van der Waals surface area contributed by atoms with E-state index >= 15 is 0 Å². The predicted octanol–water partition coefficient (Wildman–Crippen LogP) is 5.05. The van der Waals surface area contributed by atoms with E-state index in [1.54, 1.807) is 12.4 Å². The fourth-order valence-electron chi connectivity index (χ4n) is 2.40. The van der Waals surface area contributed by atoms with Crippen molar-refractivity contribution in [1.82, 2.24) is 9.97 Å². The average molecular weight is 268 g/mol. The van der Waals surface area contributed by atoms with E-state index in [4.69, 9.17) is 0 Å². The van der Waals surface area contributed by atoms with E-state index in [1.165, 1.54) is 50.5 Å². The van der Waals surface area contributed by atoms with Gasteiger partial charge in [-0.05, 0) is 18.4 Å². The molecule has 0 bridgehead atoms. The second-order valence-corrected chi connectivity index (χ2v) is 5.31. The third kappa shape index (κ3) is 4.76. The molecule has 0 fully saturated rings. The van der Waals surface area contributed by atoms with E-state index in [0.29, 0.717) is 0 Å². The second kappa shape index (κ2) is 8.47. The molecule has 0 spiro atoms. The normalized spacial score (nSPS) is 10.7. The molecule has 1 aromatic heterocycles. The van der Waals surface area contributed by atoms with Gasteiger partial charge in [0.2, 0.25) is 0 Å². The zero-order chi connectivity index (χ0) is 14.0. The van der Waals surface area contributed by atoms with Crippen molar-refractivity contribution < 1.29 is 0 Å². The van der Waals surface area contributed by atoms with Crippen LogP contribution in [0.25, 0.3) is 11.3 Å². The van der Waals surface area contributed by atoms with Crippen LogP contribution >= 0.6 is 0 Å². The lowest BCUT2D eigenvalue weighted by molar-refractivity contribution is 0.607. The monoisotopic (exact) mass is 268 g/mol. The summed E-state index contributed by atoms with van der Waals surface area (Å²) >= 11 is 0. The molecule has 0 amide bonds. The maximum absolute atomic E-state index is 4.32. The van der Waals surface area contributed by atoms with Crippen molar-refractivity contribution in [2.24, 2.45) is 0 Å². The van der Waals surface area contributed by atoms with Gasteiger partial charge < -0.3 is 0 Å². The standard InChI is InChI=1S/C18H24N2/c1-2-3-4-5-6-7-8-16-9-11-17(12-10-16)18-15-19-13-14-20-18/h9-15H,2-8H2,1H3. The van der Waals surface area contributed by atoms with Gasteiger partial charge in [-0.2, -0.15) is 0 Å². The number of hydrogen-bond acceptors (Lipinski definition) is 2. The quantitative estimate of drug-likeness (QED) is 0.626. The van der Waals surface area contributed by atoms with Crippen LogP contribution in [0.3, 0.4) is 0 Å². The van der Waals surface area contributed by atoms with Crippen LogP contribution in [0.15, 0.2) is 42.9 Å². The Balaban J connectivity index is 1.77. The summed E-state index contributed by atoms with van der Waals surface area (Å²) in [5, 5.41) is 0. The van der Waals surface area contributed by atoms with Crippen LogP contribution < -0.4 is 0 Å². The fourth-order valence-corrected chi connectivity index (χ4v) is 2.40. The molecule has 106 valence electrons. The van der Waals surface area contributed by atoms with E-state index in [-0.39, 0.29) is 0 Å². The van der Waals surface area contributed by atoms with Crippen LogP contribution in [0, 0.1) is 0 Å². The molecule has 0 atom stereocenters. The number of nitrogens with zero attached hydrogens (tertiary/aromatic N) is 2. The zero-order valence-electron chi connectivity index (χ0n) is 12.4. The molecule has 2 rings (SSSR count). The van der Waals surface area contributed by atoms with Gasteiger partial charge >= 0.3 is 0 Å². The molecule has 1 heterocycles. The summed E-state index contributed by atoms with van der Waals surface area (Å²) in [7, 11) is 0. The highest BCUT2D eigenvalue weighted by atomic mass is 14.8. The number of unbranched alkanes of at least 4 members (excludes halogenated alkanes) is 5. The Labute approximate surface area is 122 Å². The minimum absolute atomic E-state index is 0.943. The van der Waals surface area contributed by atoms with Crippen molar-refractivity contribution in [2.75, 3.05) is 0 Å². The molecular formula is C18H24N2. The van der Waals surface area contributed by atoms with Crippen molar-refractivity contribution >= 4 is 0 Å². The molecule has 20 heavy (non-hydrogen) atoms. The molecule has 0 aliphatic rings. The van der Waals surface area contributed by atoms with E-state index in [0.717, 1.165) is 11.3 Å². The van der Waals surface area contributed by atoms with Gasteiger partial charge in [-0.3, -0.25) is 9.97 Å². The lowest BCUT2D eigenvalue weighted by atomic mass is 10.0. The van der Waals surface area contributed by atoms with Crippen LogP contribution in [0.2, 0.25) is 0 Å². The van der Waals surface area contributed by atoms with Gasteiger partial charge in [0.15, 0.2) is 0 Å². The Hall–Kier alpha value is -1.70. The SMILES string of the molecule is CCCCCCCCc1ccc(-c2cnccn2)cc1. The Morgan fingerprint density at radius 1 is 0.850 bits per heavy atom.